The molecule has 0 unspecified atom stereocenters. The van der Waals surface area contributed by atoms with Crippen LogP contribution in [0.15, 0.2) is 46.0 Å². The molecule has 0 saturated carbocycles. The van der Waals surface area contributed by atoms with E-state index in [0.29, 0.717) is 34.9 Å². The van der Waals surface area contributed by atoms with Gasteiger partial charge in [0.15, 0.2) is 11.7 Å². The zero-order valence-corrected chi connectivity index (χ0v) is 16.0. The maximum absolute atomic E-state index is 11.7. The quantitative estimate of drug-likeness (QED) is 0.363. The molecule has 0 aliphatic rings. The molecule has 3 N–H and O–H groups in total. The molecule has 140 valence electrons. The van der Waals surface area contributed by atoms with Gasteiger partial charge in [0.1, 0.15) is 0 Å². The summed E-state index contributed by atoms with van der Waals surface area (Å²) in [6, 6.07) is 8.84. The van der Waals surface area contributed by atoms with Crippen molar-refractivity contribution in [2.45, 2.75) is 12.8 Å². The smallest absolute Gasteiger partial charge is 0.287 e. The molecule has 0 aliphatic carbocycles. The van der Waals surface area contributed by atoms with E-state index < -0.39 is 0 Å². The number of nitrogens with one attached hydrogen (secondary N) is 3. The predicted molar refractivity (Wildman–Crippen MR) is 105 cm³/mol. The first kappa shape index (κ1) is 20.1. The summed E-state index contributed by atoms with van der Waals surface area (Å²) in [4.78, 5) is 15.9. The molecule has 8 heteroatoms. The Hall–Kier alpha value is -2.18. The lowest BCUT2D eigenvalue weighted by molar-refractivity contribution is 0.0926. The van der Waals surface area contributed by atoms with E-state index in [0.717, 1.165) is 24.9 Å². The molecule has 0 aliphatic heterocycles. The first-order valence-electron chi connectivity index (χ1n) is 8.30. The third-order valence-corrected chi connectivity index (χ3v) is 4.19. The van der Waals surface area contributed by atoms with Gasteiger partial charge in [0.25, 0.3) is 5.91 Å². The van der Waals surface area contributed by atoms with Crippen LogP contribution < -0.4 is 16.0 Å². The lowest BCUT2D eigenvalue weighted by Gasteiger charge is -2.12. The van der Waals surface area contributed by atoms with Crippen molar-refractivity contribution in [3.63, 3.8) is 0 Å². The summed E-state index contributed by atoms with van der Waals surface area (Å²) in [5, 5.41) is 10.4. The number of carbonyl (C=O) groups excluding carboxylic acids is 1. The number of amides is 1. The topological polar surface area (TPSA) is 78.7 Å². The lowest BCUT2D eigenvalue weighted by Crippen LogP contribution is -2.41. The van der Waals surface area contributed by atoms with Crippen molar-refractivity contribution < 1.29 is 9.21 Å². The molecule has 1 amide bonds. The van der Waals surface area contributed by atoms with Crippen molar-refractivity contribution in [1.29, 1.82) is 0 Å². The number of carbonyl (C=O) groups is 1. The second-order valence-electron chi connectivity index (χ2n) is 5.50. The zero-order chi connectivity index (χ0) is 18.8. The van der Waals surface area contributed by atoms with Gasteiger partial charge in [-0.1, -0.05) is 29.3 Å². The first-order valence-corrected chi connectivity index (χ1v) is 9.06. The van der Waals surface area contributed by atoms with Gasteiger partial charge in [0, 0.05) is 36.7 Å². The van der Waals surface area contributed by atoms with E-state index in [1.54, 1.807) is 25.2 Å². The molecule has 0 atom stereocenters. The first-order chi connectivity index (χ1) is 12.6. The Morgan fingerprint density at radius 1 is 1.12 bits per heavy atom. The van der Waals surface area contributed by atoms with Crippen LogP contribution in [0, 0.1) is 0 Å². The maximum atomic E-state index is 11.7. The highest BCUT2D eigenvalue weighted by Gasteiger charge is 2.07. The van der Waals surface area contributed by atoms with Crippen LogP contribution in [0.5, 0.6) is 0 Å². The number of guanidine groups is 1. The van der Waals surface area contributed by atoms with Gasteiger partial charge in [0.05, 0.1) is 6.26 Å². The number of benzene rings is 1. The minimum atomic E-state index is -0.236. The van der Waals surface area contributed by atoms with E-state index in [9.17, 15) is 4.79 Å². The molecule has 1 aromatic carbocycles. The van der Waals surface area contributed by atoms with Gasteiger partial charge < -0.3 is 20.4 Å². The average Bonchev–Trinajstić information content (AvgIpc) is 3.16. The fraction of sp³-hybridized carbons (Fsp3) is 0.333. The van der Waals surface area contributed by atoms with E-state index in [4.69, 9.17) is 27.6 Å². The molecule has 6 nitrogen and oxygen atoms in total. The summed E-state index contributed by atoms with van der Waals surface area (Å²) in [7, 11) is 1.70. The number of halogens is 2. The number of aryl methyl sites for hydroxylation is 1. The molecule has 0 bridgehead atoms. The summed E-state index contributed by atoms with van der Waals surface area (Å²) in [5.41, 5.74) is 1.07. The SMILES string of the molecule is CN=C(NCCCc1ccc(Cl)cc1Cl)NCCNC(=O)c1ccco1. The number of nitrogens with zero attached hydrogens (tertiary/aromatic N) is 1. The van der Waals surface area contributed by atoms with Crippen LogP contribution in [0.2, 0.25) is 10.0 Å². The molecular formula is C18H22Cl2N4O2. The van der Waals surface area contributed by atoms with E-state index in [1.807, 2.05) is 12.1 Å². The number of hydrogen-bond donors (Lipinski definition) is 3. The fourth-order valence-corrected chi connectivity index (χ4v) is 2.79. The summed E-state index contributed by atoms with van der Waals surface area (Å²) in [6.45, 7) is 1.76. The van der Waals surface area contributed by atoms with Crippen LogP contribution in [-0.4, -0.2) is 38.5 Å². The molecule has 0 saturated heterocycles. The van der Waals surface area contributed by atoms with Gasteiger partial charge in [-0.3, -0.25) is 9.79 Å². The summed E-state index contributed by atoms with van der Waals surface area (Å²) >= 11 is 12.1. The Labute approximate surface area is 163 Å². The van der Waals surface area contributed by atoms with Crippen molar-refractivity contribution in [3.8, 4) is 0 Å². The number of aliphatic imine (C=N–C) groups is 1. The van der Waals surface area contributed by atoms with E-state index in [1.165, 1.54) is 6.26 Å². The molecule has 0 fully saturated rings. The largest absolute Gasteiger partial charge is 0.459 e. The summed E-state index contributed by atoms with van der Waals surface area (Å²) < 4.78 is 5.03. The number of rotatable bonds is 8. The minimum Gasteiger partial charge on any atom is -0.459 e. The predicted octanol–water partition coefficient (Wildman–Crippen LogP) is 3.11. The molecule has 0 spiro atoms. The monoisotopic (exact) mass is 396 g/mol. The number of hydrogen-bond acceptors (Lipinski definition) is 3. The van der Waals surface area contributed by atoms with Crippen molar-refractivity contribution in [2.75, 3.05) is 26.7 Å². The Bertz CT molecular complexity index is 733. The fourth-order valence-electron chi connectivity index (χ4n) is 2.28. The standard InChI is InChI=1S/C18H22Cl2N4O2/c1-21-18(24-10-9-22-17(25)16-5-3-11-26-16)23-8-2-4-13-6-7-14(19)12-15(13)20/h3,5-7,11-12H,2,4,8-10H2,1H3,(H,22,25)(H2,21,23,24). The average molecular weight is 397 g/mol. The molecule has 2 aromatic rings. The molecule has 0 radical (unpaired) electrons. The van der Waals surface area contributed by atoms with Crippen LogP contribution in [0.3, 0.4) is 0 Å². The van der Waals surface area contributed by atoms with Crippen molar-refractivity contribution in [3.05, 3.63) is 58.0 Å². The van der Waals surface area contributed by atoms with Gasteiger partial charge in [-0.25, -0.2) is 0 Å². The van der Waals surface area contributed by atoms with Crippen LogP contribution in [-0.2, 0) is 6.42 Å². The van der Waals surface area contributed by atoms with Gasteiger partial charge in [-0.15, -0.1) is 0 Å². The third-order valence-electron chi connectivity index (χ3n) is 3.60. The van der Waals surface area contributed by atoms with E-state index in [-0.39, 0.29) is 5.91 Å². The zero-order valence-electron chi connectivity index (χ0n) is 14.5. The third kappa shape index (κ3) is 6.61. The van der Waals surface area contributed by atoms with Crippen LogP contribution in [0.1, 0.15) is 22.5 Å². The van der Waals surface area contributed by atoms with E-state index >= 15 is 0 Å². The second kappa shape index (κ2) is 10.7. The van der Waals surface area contributed by atoms with Crippen LogP contribution in [0.4, 0.5) is 0 Å². The highest BCUT2D eigenvalue weighted by molar-refractivity contribution is 6.35. The molecule has 1 heterocycles. The van der Waals surface area contributed by atoms with Gasteiger partial charge in [-0.05, 0) is 42.7 Å². The number of furan rings is 1. The Kier molecular flexibility index (Phi) is 8.31. The van der Waals surface area contributed by atoms with Crippen LogP contribution >= 0.6 is 23.2 Å². The molecule has 2 rings (SSSR count). The molecule has 26 heavy (non-hydrogen) atoms. The van der Waals surface area contributed by atoms with Crippen molar-refractivity contribution in [2.24, 2.45) is 4.99 Å². The van der Waals surface area contributed by atoms with Gasteiger partial charge in [-0.2, -0.15) is 0 Å². The normalized spacial score (nSPS) is 11.3. The van der Waals surface area contributed by atoms with Crippen LogP contribution in [0.25, 0.3) is 0 Å². The summed E-state index contributed by atoms with van der Waals surface area (Å²) in [5.74, 6) is 0.743. The Morgan fingerprint density at radius 2 is 1.88 bits per heavy atom. The highest BCUT2D eigenvalue weighted by atomic mass is 35.5. The van der Waals surface area contributed by atoms with Crippen molar-refractivity contribution >= 4 is 35.1 Å². The van der Waals surface area contributed by atoms with Gasteiger partial charge in [0.2, 0.25) is 0 Å². The second-order valence-corrected chi connectivity index (χ2v) is 6.34. The summed E-state index contributed by atoms with van der Waals surface area (Å²) in [6.07, 6.45) is 3.21. The van der Waals surface area contributed by atoms with Crippen molar-refractivity contribution in [1.82, 2.24) is 16.0 Å². The maximum Gasteiger partial charge on any atom is 0.287 e. The lowest BCUT2D eigenvalue weighted by atomic mass is 10.1. The molecule has 1 aromatic heterocycles. The highest BCUT2D eigenvalue weighted by Crippen LogP contribution is 2.21. The Balaban J connectivity index is 1.61. The Morgan fingerprint density at radius 3 is 2.58 bits per heavy atom. The van der Waals surface area contributed by atoms with Gasteiger partial charge >= 0.3 is 0 Å². The van der Waals surface area contributed by atoms with E-state index in [2.05, 4.69) is 20.9 Å². The minimum absolute atomic E-state index is 0.236. The molecular weight excluding hydrogens is 375 g/mol.